The number of anilines is 1. The summed E-state index contributed by atoms with van der Waals surface area (Å²) >= 11 is 0. The number of hydrogen-bond acceptors (Lipinski definition) is 6. The molecule has 2 N–H and O–H groups in total. The Morgan fingerprint density at radius 2 is 1.69 bits per heavy atom. The Morgan fingerprint density at radius 3 is 2.19 bits per heavy atom. The largest absolute Gasteiger partial charge is 0.508 e. The molecule has 0 aliphatic rings. The molecule has 8 heteroatoms. The zero-order valence-corrected chi connectivity index (χ0v) is 15.2. The number of amides is 1. The Morgan fingerprint density at radius 1 is 1.08 bits per heavy atom. The van der Waals surface area contributed by atoms with Crippen LogP contribution in [0.1, 0.15) is 12.1 Å². The van der Waals surface area contributed by atoms with Crippen LogP contribution in [0.2, 0.25) is 0 Å². The summed E-state index contributed by atoms with van der Waals surface area (Å²) in [4.78, 5) is 24.1. The summed E-state index contributed by atoms with van der Waals surface area (Å²) in [5.41, 5.74) is 0.706. The van der Waals surface area contributed by atoms with E-state index in [0.717, 1.165) is 6.07 Å². The van der Waals surface area contributed by atoms with E-state index in [-0.39, 0.29) is 30.2 Å². The standard InChI is InChI=1S/C18H22N2O6/c1-11-7-13(21)10-17(23)20(11)6-5-16(22)19-12-8-14(24-2)18(26-4)15(9-12)25-3/h7-10,21H,5-6H2,1-4H3,(H,19,22). The second-order valence-corrected chi connectivity index (χ2v) is 5.56. The lowest BCUT2D eigenvalue weighted by atomic mass is 10.2. The molecule has 1 amide bonds. The van der Waals surface area contributed by atoms with E-state index in [1.807, 2.05) is 0 Å². The smallest absolute Gasteiger partial charge is 0.254 e. The number of aromatic nitrogens is 1. The van der Waals surface area contributed by atoms with Gasteiger partial charge in [-0.15, -0.1) is 0 Å². The first-order valence-electron chi connectivity index (χ1n) is 7.90. The Labute approximate surface area is 150 Å². The number of methoxy groups -OCH3 is 3. The summed E-state index contributed by atoms with van der Waals surface area (Å²) in [6.45, 7) is 1.89. The first kappa shape index (κ1) is 19.2. The fourth-order valence-electron chi connectivity index (χ4n) is 2.59. The van der Waals surface area contributed by atoms with Gasteiger partial charge in [0, 0.05) is 42.5 Å². The highest BCUT2D eigenvalue weighted by atomic mass is 16.5. The summed E-state index contributed by atoms with van der Waals surface area (Å²) in [5.74, 6) is 0.907. The number of pyridine rings is 1. The van der Waals surface area contributed by atoms with Crippen molar-refractivity contribution in [2.75, 3.05) is 26.6 Å². The van der Waals surface area contributed by atoms with Crippen LogP contribution in [0.25, 0.3) is 0 Å². The number of nitrogens with zero attached hydrogens (tertiary/aromatic N) is 1. The molecule has 26 heavy (non-hydrogen) atoms. The zero-order chi connectivity index (χ0) is 19.3. The highest BCUT2D eigenvalue weighted by molar-refractivity contribution is 5.91. The van der Waals surface area contributed by atoms with Crippen LogP contribution in [0.3, 0.4) is 0 Å². The molecule has 0 atom stereocenters. The van der Waals surface area contributed by atoms with Gasteiger partial charge in [0.1, 0.15) is 5.75 Å². The van der Waals surface area contributed by atoms with Crippen molar-refractivity contribution in [3.8, 4) is 23.0 Å². The summed E-state index contributed by atoms with van der Waals surface area (Å²) in [6.07, 6.45) is 0.0855. The van der Waals surface area contributed by atoms with E-state index in [1.54, 1.807) is 19.1 Å². The van der Waals surface area contributed by atoms with Crippen molar-refractivity contribution < 1.29 is 24.1 Å². The Balaban J connectivity index is 2.12. The molecular weight excluding hydrogens is 340 g/mol. The van der Waals surface area contributed by atoms with Gasteiger partial charge in [0.05, 0.1) is 21.3 Å². The maximum atomic E-state index is 12.2. The SMILES string of the molecule is COc1cc(NC(=O)CCn2c(C)cc(O)cc2=O)cc(OC)c1OC. The first-order chi connectivity index (χ1) is 12.4. The minimum atomic E-state index is -0.358. The monoisotopic (exact) mass is 362 g/mol. The number of aryl methyl sites for hydroxylation is 1. The number of carbonyl (C=O) groups is 1. The predicted octanol–water partition coefficient (Wildman–Crippen LogP) is 1.92. The van der Waals surface area contributed by atoms with Crippen LogP contribution in [0.15, 0.2) is 29.1 Å². The first-order valence-corrected chi connectivity index (χ1v) is 7.90. The van der Waals surface area contributed by atoms with Crippen molar-refractivity contribution in [3.05, 3.63) is 40.3 Å². The van der Waals surface area contributed by atoms with Gasteiger partial charge in [-0.3, -0.25) is 9.59 Å². The molecule has 2 rings (SSSR count). The molecule has 8 nitrogen and oxygen atoms in total. The second-order valence-electron chi connectivity index (χ2n) is 5.56. The van der Waals surface area contributed by atoms with Gasteiger partial charge in [-0.1, -0.05) is 0 Å². The maximum Gasteiger partial charge on any atom is 0.254 e. The minimum Gasteiger partial charge on any atom is -0.508 e. The van der Waals surface area contributed by atoms with Gasteiger partial charge in [0.25, 0.3) is 5.56 Å². The topological polar surface area (TPSA) is 99.0 Å². The lowest BCUT2D eigenvalue weighted by molar-refractivity contribution is -0.116. The van der Waals surface area contributed by atoms with Crippen molar-refractivity contribution >= 4 is 11.6 Å². The fourth-order valence-corrected chi connectivity index (χ4v) is 2.59. The maximum absolute atomic E-state index is 12.2. The highest BCUT2D eigenvalue weighted by Crippen LogP contribution is 2.39. The number of benzene rings is 1. The minimum absolute atomic E-state index is 0.0855. The van der Waals surface area contributed by atoms with Crippen molar-refractivity contribution in [3.63, 3.8) is 0 Å². The molecule has 0 unspecified atom stereocenters. The third-order valence-corrected chi connectivity index (χ3v) is 3.83. The van der Waals surface area contributed by atoms with Gasteiger partial charge >= 0.3 is 0 Å². The van der Waals surface area contributed by atoms with Gasteiger partial charge in [-0.2, -0.15) is 0 Å². The fraction of sp³-hybridized carbons (Fsp3) is 0.333. The van der Waals surface area contributed by atoms with E-state index in [2.05, 4.69) is 5.32 Å². The van der Waals surface area contributed by atoms with Crippen LogP contribution in [0.5, 0.6) is 23.0 Å². The number of carbonyl (C=O) groups excluding carboxylic acids is 1. The van der Waals surface area contributed by atoms with Crippen LogP contribution >= 0.6 is 0 Å². The molecule has 0 radical (unpaired) electrons. The molecule has 1 heterocycles. The van der Waals surface area contributed by atoms with E-state index in [9.17, 15) is 14.7 Å². The molecule has 1 aromatic heterocycles. The van der Waals surface area contributed by atoms with Gasteiger partial charge in [-0.25, -0.2) is 0 Å². The third kappa shape index (κ3) is 4.27. The van der Waals surface area contributed by atoms with Crippen molar-refractivity contribution in [2.45, 2.75) is 19.9 Å². The predicted molar refractivity (Wildman–Crippen MR) is 96.4 cm³/mol. The van der Waals surface area contributed by atoms with Crippen LogP contribution in [-0.2, 0) is 11.3 Å². The van der Waals surface area contributed by atoms with E-state index in [0.29, 0.717) is 28.6 Å². The molecule has 0 saturated heterocycles. The molecular formula is C18H22N2O6. The van der Waals surface area contributed by atoms with Crippen molar-refractivity contribution in [2.24, 2.45) is 0 Å². The Hall–Kier alpha value is -3.16. The molecule has 0 spiro atoms. The number of hydrogen-bond donors (Lipinski definition) is 2. The Kier molecular flexibility index (Phi) is 6.11. The van der Waals surface area contributed by atoms with Crippen LogP contribution in [0.4, 0.5) is 5.69 Å². The lowest BCUT2D eigenvalue weighted by Gasteiger charge is -2.15. The number of aromatic hydroxyl groups is 1. The molecule has 0 saturated carbocycles. The zero-order valence-electron chi connectivity index (χ0n) is 15.2. The van der Waals surface area contributed by atoms with Crippen molar-refractivity contribution in [1.29, 1.82) is 0 Å². The van der Waals surface area contributed by atoms with Crippen LogP contribution in [0, 0.1) is 6.92 Å². The summed E-state index contributed by atoms with van der Waals surface area (Å²) in [7, 11) is 4.47. The number of ether oxygens (including phenoxy) is 3. The van der Waals surface area contributed by atoms with E-state index in [4.69, 9.17) is 14.2 Å². The second kappa shape index (κ2) is 8.28. The molecule has 0 aliphatic carbocycles. The molecule has 1 aromatic carbocycles. The third-order valence-electron chi connectivity index (χ3n) is 3.83. The van der Waals surface area contributed by atoms with Crippen LogP contribution in [-0.4, -0.2) is 36.9 Å². The van der Waals surface area contributed by atoms with Crippen LogP contribution < -0.4 is 25.1 Å². The van der Waals surface area contributed by atoms with E-state index < -0.39 is 0 Å². The summed E-state index contributed by atoms with van der Waals surface area (Å²) in [5, 5.41) is 12.1. The van der Waals surface area contributed by atoms with Gasteiger partial charge in [-0.05, 0) is 13.0 Å². The lowest BCUT2D eigenvalue weighted by Crippen LogP contribution is -2.24. The molecule has 0 fully saturated rings. The molecule has 2 aromatic rings. The molecule has 0 aliphatic heterocycles. The normalized spacial score (nSPS) is 10.3. The van der Waals surface area contributed by atoms with E-state index in [1.165, 1.54) is 32.0 Å². The average molecular weight is 362 g/mol. The number of rotatable bonds is 7. The summed E-state index contributed by atoms with van der Waals surface area (Å²) in [6, 6.07) is 5.83. The quantitative estimate of drug-likeness (QED) is 0.781. The van der Waals surface area contributed by atoms with Gasteiger partial charge < -0.3 is 29.2 Å². The average Bonchev–Trinajstić information content (AvgIpc) is 2.59. The highest BCUT2D eigenvalue weighted by Gasteiger charge is 2.14. The van der Waals surface area contributed by atoms with E-state index >= 15 is 0 Å². The summed E-state index contributed by atoms with van der Waals surface area (Å²) < 4.78 is 17.2. The van der Waals surface area contributed by atoms with Crippen molar-refractivity contribution in [1.82, 2.24) is 4.57 Å². The molecule has 0 bridgehead atoms. The van der Waals surface area contributed by atoms with Gasteiger partial charge in [0.2, 0.25) is 11.7 Å². The Bertz CT molecular complexity index is 834. The number of nitrogens with one attached hydrogen (secondary N) is 1. The van der Waals surface area contributed by atoms with Gasteiger partial charge in [0.15, 0.2) is 11.5 Å². The molecule has 140 valence electrons.